The van der Waals surface area contributed by atoms with Gasteiger partial charge in [0.05, 0.1) is 18.3 Å². The molecule has 8 rings (SSSR count). The van der Waals surface area contributed by atoms with Crippen molar-refractivity contribution in [1.82, 2.24) is 29.0 Å². The van der Waals surface area contributed by atoms with Gasteiger partial charge in [-0.25, -0.2) is 9.97 Å². The first-order chi connectivity index (χ1) is 21.3. The van der Waals surface area contributed by atoms with Gasteiger partial charge in [-0.2, -0.15) is 0 Å². The number of likely N-dealkylation sites (tertiary alicyclic amines) is 1. The summed E-state index contributed by atoms with van der Waals surface area (Å²) in [5.74, 6) is 3.28. The van der Waals surface area contributed by atoms with Crippen LogP contribution in [0.4, 0.5) is 11.5 Å². The monoisotopic (exact) mass is 590 g/mol. The van der Waals surface area contributed by atoms with Crippen LogP contribution in [0.5, 0.6) is 5.75 Å². The second-order valence-corrected chi connectivity index (χ2v) is 12.9. The molecule has 1 amide bonds. The molecule has 1 saturated heterocycles. The van der Waals surface area contributed by atoms with Gasteiger partial charge in [0.2, 0.25) is 0 Å². The second-order valence-electron chi connectivity index (χ2n) is 12.9. The van der Waals surface area contributed by atoms with Crippen LogP contribution in [0.2, 0.25) is 0 Å². The van der Waals surface area contributed by atoms with Crippen molar-refractivity contribution in [2.45, 2.75) is 58.2 Å². The van der Waals surface area contributed by atoms with E-state index in [0.29, 0.717) is 23.1 Å². The number of aryl methyl sites for hydroxylation is 3. The standard InChI is InChI=1S/C34H38N8O2/c1-18-14-36-15-19(2)30(18)38-28-10-8-21-12-26(41(32(21)39-28)16-20-5-6-20)33-37-24-11-23(13-27(44-4)31(24)40(33)3)34(43)42-17-22-7-9-25(42)29(22)35/h8,10-15,20,22,25,29H,5-7,9,16-17,35H2,1-4H3,(H,36,38,39)/t22-,25-,29-/m1/s1. The number of hydrogen-bond acceptors (Lipinski definition) is 7. The Morgan fingerprint density at radius 2 is 1.86 bits per heavy atom. The third-order valence-electron chi connectivity index (χ3n) is 10.0. The maximum Gasteiger partial charge on any atom is 0.254 e. The summed E-state index contributed by atoms with van der Waals surface area (Å²) in [6, 6.07) is 10.3. The van der Waals surface area contributed by atoms with Gasteiger partial charge in [-0.05, 0) is 92.8 Å². The van der Waals surface area contributed by atoms with Gasteiger partial charge < -0.3 is 29.8 Å². The molecule has 5 heterocycles. The molecule has 2 saturated carbocycles. The quantitative estimate of drug-likeness (QED) is 0.263. The number of nitrogens with two attached hydrogens (primary N) is 1. The number of nitrogens with one attached hydrogen (secondary N) is 1. The molecule has 0 spiro atoms. The highest BCUT2D eigenvalue weighted by Gasteiger charge is 2.47. The third-order valence-corrected chi connectivity index (χ3v) is 10.0. The van der Waals surface area contributed by atoms with Crippen LogP contribution in [-0.2, 0) is 13.6 Å². The number of carbonyl (C=O) groups excluding carboxylic acids is 1. The van der Waals surface area contributed by atoms with Gasteiger partial charge in [0.15, 0.2) is 5.82 Å². The summed E-state index contributed by atoms with van der Waals surface area (Å²) >= 11 is 0. The predicted molar refractivity (Wildman–Crippen MR) is 171 cm³/mol. The summed E-state index contributed by atoms with van der Waals surface area (Å²) in [4.78, 5) is 30.2. The van der Waals surface area contributed by atoms with Gasteiger partial charge in [0, 0.05) is 61.3 Å². The first-order valence-electron chi connectivity index (χ1n) is 15.6. The maximum absolute atomic E-state index is 13.7. The van der Waals surface area contributed by atoms with Gasteiger partial charge in [-0.15, -0.1) is 0 Å². The summed E-state index contributed by atoms with van der Waals surface area (Å²) in [5, 5.41) is 4.59. The summed E-state index contributed by atoms with van der Waals surface area (Å²) in [6.45, 7) is 5.71. The lowest BCUT2D eigenvalue weighted by Crippen LogP contribution is -2.41. The minimum absolute atomic E-state index is 0.00630. The highest BCUT2D eigenvalue weighted by molar-refractivity contribution is 6.00. The Bertz CT molecular complexity index is 1930. The number of fused-ring (bicyclic) bond motifs is 4. The number of benzene rings is 1. The number of aromatic nitrogens is 5. The number of rotatable bonds is 7. The van der Waals surface area contributed by atoms with Crippen LogP contribution < -0.4 is 15.8 Å². The molecule has 1 aromatic carbocycles. The minimum atomic E-state index is 0.00630. The first-order valence-corrected chi connectivity index (χ1v) is 15.6. The Morgan fingerprint density at radius 1 is 1.07 bits per heavy atom. The Kier molecular flexibility index (Phi) is 6.20. The van der Waals surface area contributed by atoms with Crippen molar-refractivity contribution in [3.63, 3.8) is 0 Å². The number of piperidine rings is 1. The zero-order valence-electron chi connectivity index (χ0n) is 25.7. The van der Waals surface area contributed by atoms with Crippen LogP contribution >= 0.6 is 0 Å². The molecule has 2 aliphatic carbocycles. The number of carbonyl (C=O) groups is 1. The van der Waals surface area contributed by atoms with Gasteiger partial charge in [-0.3, -0.25) is 9.78 Å². The zero-order chi connectivity index (χ0) is 30.3. The largest absolute Gasteiger partial charge is 0.494 e. The number of hydrogen-bond donors (Lipinski definition) is 2. The molecular formula is C34H38N8O2. The molecule has 3 fully saturated rings. The molecule has 44 heavy (non-hydrogen) atoms. The average molecular weight is 591 g/mol. The van der Waals surface area contributed by atoms with Crippen molar-refractivity contribution in [2.75, 3.05) is 19.0 Å². The molecule has 3 N–H and O–H groups in total. The predicted octanol–water partition coefficient (Wildman–Crippen LogP) is 5.33. The highest BCUT2D eigenvalue weighted by Crippen LogP contribution is 2.40. The van der Waals surface area contributed by atoms with E-state index in [1.165, 1.54) is 12.8 Å². The second kappa shape index (κ2) is 10.1. The molecule has 226 valence electrons. The van der Waals surface area contributed by atoms with Crippen molar-refractivity contribution >= 4 is 39.5 Å². The lowest BCUT2D eigenvalue weighted by atomic mass is 10.1. The van der Waals surface area contributed by atoms with E-state index in [-0.39, 0.29) is 18.0 Å². The molecule has 1 aliphatic heterocycles. The fraction of sp³-hybridized carbons (Fsp3) is 0.412. The van der Waals surface area contributed by atoms with E-state index in [9.17, 15) is 4.79 Å². The fourth-order valence-corrected chi connectivity index (χ4v) is 7.42. The van der Waals surface area contributed by atoms with Crippen molar-refractivity contribution in [1.29, 1.82) is 0 Å². The van der Waals surface area contributed by atoms with Crippen molar-refractivity contribution in [3.8, 4) is 17.3 Å². The van der Waals surface area contributed by atoms with Crippen LogP contribution in [0.15, 0.2) is 42.7 Å². The van der Waals surface area contributed by atoms with E-state index < -0.39 is 0 Å². The topological polar surface area (TPSA) is 116 Å². The number of anilines is 2. The first kappa shape index (κ1) is 27.1. The van der Waals surface area contributed by atoms with Gasteiger partial charge in [0.25, 0.3) is 5.91 Å². The highest BCUT2D eigenvalue weighted by atomic mass is 16.5. The van der Waals surface area contributed by atoms with E-state index >= 15 is 0 Å². The Labute approximate surface area is 256 Å². The normalized spacial score (nSPS) is 21.1. The summed E-state index contributed by atoms with van der Waals surface area (Å²) in [6.07, 6.45) is 8.25. The van der Waals surface area contributed by atoms with Crippen molar-refractivity contribution < 1.29 is 9.53 Å². The zero-order valence-corrected chi connectivity index (χ0v) is 25.7. The van der Waals surface area contributed by atoms with Crippen LogP contribution in [0.1, 0.15) is 47.2 Å². The summed E-state index contributed by atoms with van der Waals surface area (Å²) in [5.41, 5.74) is 13.7. The van der Waals surface area contributed by atoms with Crippen molar-refractivity contribution in [3.05, 3.63) is 59.4 Å². The van der Waals surface area contributed by atoms with Gasteiger partial charge in [-0.1, -0.05) is 0 Å². The molecule has 0 radical (unpaired) electrons. The Hall–Kier alpha value is -4.44. The van der Waals surface area contributed by atoms with E-state index in [1.807, 2.05) is 42.5 Å². The lowest BCUT2D eigenvalue weighted by molar-refractivity contribution is 0.0700. The van der Waals surface area contributed by atoms with Crippen LogP contribution in [0.25, 0.3) is 33.6 Å². The van der Waals surface area contributed by atoms with E-state index in [0.717, 1.165) is 82.1 Å². The molecule has 4 aromatic heterocycles. The molecule has 10 heteroatoms. The van der Waals surface area contributed by atoms with Gasteiger partial charge in [0.1, 0.15) is 22.7 Å². The molecule has 3 aliphatic rings. The number of nitrogens with zero attached hydrogens (tertiary/aromatic N) is 6. The smallest absolute Gasteiger partial charge is 0.254 e. The average Bonchev–Trinajstić information content (AvgIpc) is 3.43. The Balaban J connectivity index is 1.21. The van der Waals surface area contributed by atoms with Gasteiger partial charge >= 0.3 is 0 Å². The van der Waals surface area contributed by atoms with Crippen molar-refractivity contribution in [2.24, 2.45) is 24.6 Å². The van der Waals surface area contributed by atoms with E-state index in [4.69, 9.17) is 20.4 Å². The van der Waals surface area contributed by atoms with Crippen LogP contribution in [-0.4, -0.2) is 60.6 Å². The molecule has 10 nitrogen and oxygen atoms in total. The Morgan fingerprint density at radius 3 is 2.55 bits per heavy atom. The molecular weight excluding hydrogens is 552 g/mol. The minimum Gasteiger partial charge on any atom is -0.494 e. The van der Waals surface area contributed by atoms with Crippen LogP contribution in [0, 0.1) is 25.7 Å². The molecule has 2 bridgehead atoms. The number of imidazole rings is 1. The summed E-state index contributed by atoms with van der Waals surface area (Å²) in [7, 11) is 3.67. The van der Waals surface area contributed by atoms with E-state index in [2.05, 4.69) is 45.4 Å². The molecule has 3 atom stereocenters. The number of methoxy groups -OCH3 is 1. The lowest BCUT2D eigenvalue weighted by Gasteiger charge is -2.27. The van der Waals surface area contributed by atoms with E-state index in [1.54, 1.807) is 7.11 Å². The number of pyridine rings is 2. The maximum atomic E-state index is 13.7. The molecule has 0 unspecified atom stereocenters. The molecule has 5 aromatic rings. The SMILES string of the molecule is COc1cc(C(=O)N2C[C@H]3CC[C@@H]2[C@@H]3N)cc2nc(-c3cc4ccc(Nc5c(C)cncc5C)nc4n3CC3CC3)n(C)c12. The number of amides is 1. The third kappa shape index (κ3) is 4.26. The van der Waals surface area contributed by atoms with Crippen LogP contribution in [0.3, 0.4) is 0 Å². The summed E-state index contributed by atoms with van der Waals surface area (Å²) < 4.78 is 10.3. The fourth-order valence-electron chi connectivity index (χ4n) is 7.42. The number of ether oxygens (including phenoxy) is 1.